The van der Waals surface area contributed by atoms with Gasteiger partial charge in [0.15, 0.2) is 0 Å². The first kappa shape index (κ1) is 8.30. The van der Waals surface area contributed by atoms with E-state index in [0.717, 1.165) is 19.5 Å². The van der Waals surface area contributed by atoms with Crippen molar-refractivity contribution in [1.82, 2.24) is 5.32 Å². The second kappa shape index (κ2) is 4.16. The van der Waals surface area contributed by atoms with Crippen molar-refractivity contribution in [3.05, 3.63) is 0 Å². The van der Waals surface area contributed by atoms with Gasteiger partial charge < -0.3 is 10.1 Å². The molecule has 1 heterocycles. The van der Waals surface area contributed by atoms with Crippen LogP contribution < -0.4 is 5.32 Å². The normalized spacial score (nSPS) is 24.7. The van der Waals surface area contributed by atoms with E-state index in [9.17, 15) is 0 Å². The average Bonchev–Trinajstić information content (AvgIpc) is 2.40. The summed E-state index contributed by atoms with van der Waals surface area (Å²) in [5.41, 5.74) is 0. The van der Waals surface area contributed by atoms with Crippen molar-refractivity contribution in [2.75, 3.05) is 19.3 Å². The second-order valence-corrected chi connectivity index (χ2v) is 3.60. The molecule has 10 heavy (non-hydrogen) atoms. The number of nitrogens with one attached hydrogen (secondary N) is 1. The summed E-state index contributed by atoms with van der Waals surface area (Å²) in [6.45, 7) is 2.00. The standard InChI is InChI=1S/C6H11NOS2/c1-10-6(9)8-5-2-3-7-4-5/h5,7H,2-4H2,1H3/t5-/m0/s1. The molecule has 1 aliphatic rings. The van der Waals surface area contributed by atoms with Gasteiger partial charge in [-0.3, -0.25) is 0 Å². The molecule has 0 aliphatic carbocycles. The van der Waals surface area contributed by atoms with E-state index in [1.165, 1.54) is 11.8 Å². The molecular formula is C6H11NOS2. The van der Waals surface area contributed by atoms with Crippen LogP contribution in [-0.2, 0) is 4.74 Å². The topological polar surface area (TPSA) is 21.3 Å². The Morgan fingerprint density at radius 2 is 2.60 bits per heavy atom. The average molecular weight is 177 g/mol. The van der Waals surface area contributed by atoms with Gasteiger partial charge in [-0.15, -0.1) is 0 Å². The first-order valence-corrected chi connectivity index (χ1v) is 4.91. The summed E-state index contributed by atoms with van der Waals surface area (Å²) in [6, 6.07) is 0. The van der Waals surface area contributed by atoms with E-state index < -0.39 is 0 Å². The van der Waals surface area contributed by atoms with Crippen molar-refractivity contribution in [3.8, 4) is 0 Å². The third-order valence-corrected chi connectivity index (χ3v) is 2.47. The number of rotatable bonds is 1. The van der Waals surface area contributed by atoms with Crippen molar-refractivity contribution in [2.45, 2.75) is 12.5 Å². The zero-order chi connectivity index (χ0) is 7.40. The van der Waals surface area contributed by atoms with Gasteiger partial charge in [-0.1, -0.05) is 11.8 Å². The predicted octanol–water partition coefficient (Wildman–Crippen LogP) is 1.01. The maximum Gasteiger partial charge on any atom is 0.220 e. The summed E-state index contributed by atoms with van der Waals surface area (Å²) in [6.07, 6.45) is 3.34. The van der Waals surface area contributed by atoms with Crippen LogP contribution in [0.4, 0.5) is 0 Å². The zero-order valence-corrected chi connectivity index (χ0v) is 7.56. The van der Waals surface area contributed by atoms with E-state index in [-0.39, 0.29) is 0 Å². The Balaban J connectivity index is 2.17. The molecule has 2 nitrogen and oxygen atoms in total. The molecule has 0 bridgehead atoms. The van der Waals surface area contributed by atoms with Crippen LogP contribution in [0, 0.1) is 0 Å². The molecule has 1 atom stereocenters. The highest BCUT2D eigenvalue weighted by molar-refractivity contribution is 8.22. The molecule has 0 aromatic carbocycles. The van der Waals surface area contributed by atoms with Gasteiger partial charge >= 0.3 is 0 Å². The highest BCUT2D eigenvalue weighted by Gasteiger charge is 2.16. The van der Waals surface area contributed by atoms with Gasteiger partial charge in [0, 0.05) is 6.54 Å². The molecule has 0 spiro atoms. The SMILES string of the molecule is CSC(=S)O[C@H]1CCNC1. The Bertz CT molecular complexity index is 123. The van der Waals surface area contributed by atoms with E-state index in [1.54, 1.807) is 0 Å². The van der Waals surface area contributed by atoms with E-state index >= 15 is 0 Å². The van der Waals surface area contributed by atoms with Gasteiger partial charge in [0.25, 0.3) is 0 Å². The lowest BCUT2D eigenvalue weighted by molar-refractivity contribution is 0.223. The van der Waals surface area contributed by atoms with Crippen LogP contribution in [0.1, 0.15) is 6.42 Å². The lowest BCUT2D eigenvalue weighted by Gasteiger charge is -2.10. The van der Waals surface area contributed by atoms with Gasteiger partial charge in [-0.2, -0.15) is 0 Å². The lowest BCUT2D eigenvalue weighted by Crippen LogP contribution is -2.18. The zero-order valence-electron chi connectivity index (χ0n) is 5.92. The quantitative estimate of drug-likeness (QED) is 0.603. The Morgan fingerprint density at radius 3 is 3.10 bits per heavy atom. The van der Waals surface area contributed by atoms with Crippen molar-refractivity contribution >= 4 is 28.4 Å². The molecule has 0 saturated carbocycles. The molecule has 1 fully saturated rings. The fourth-order valence-corrected chi connectivity index (χ4v) is 1.28. The molecule has 1 rings (SSSR count). The third-order valence-electron chi connectivity index (χ3n) is 1.44. The molecule has 1 N–H and O–H groups in total. The van der Waals surface area contributed by atoms with Crippen LogP contribution in [0.25, 0.3) is 0 Å². The minimum atomic E-state index is 0.319. The van der Waals surface area contributed by atoms with Gasteiger partial charge in [-0.25, -0.2) is 0 Å². The largest absolute Gasteiger partial charge is 0.474 e. The van der Waals surface area contributed by atoms with E-state index in [2.05, 4.69) is 5.32 Å². The van der Waals surface area contributed by atoms with Crippen LogP contribution in [0.3, 0.4) is 0 Å². The summed E-state index contributed by atoms with van der Waals surface area (Å²) in [5.74, 6) is 0. The minimum Gasteiger partial charge on any atom is -0.474 e. The highest BCUT2D eigenvalue weighted by atomic mass is 32.2. The van der Waals surface area contributed by atoms with Crippen molar-refractivity contribution < 1.29 is 4.74 Å². The Morgan fingerprint density at radius 1 is 1.80 bits per heavy atom. The van der Waals surface area contributed by atoms with Gasteiger partial charge in [0.05, 0.1) is 0 Å². The van der Waals surface area contributed by atoms with Crippen LogP contribution in [0.15, 0.2) is 0 Å². The van der Waals surface area contributed by atoms with Crippen LogP contribution in [0.5, 0.6) is 0 Å². The fourth-order valence-electron chi connectivity index (χ4n) is 0.913. The van der Waals surface area contributed by atoms with Gasteiger partial charge in [0.2, 0.25) is 4.38 Å². The molecule has 0 aromatic heterocycles. The smallest absolute Gasteiger partial charge is 0.220 e. The number of thiocarbonyl (C=S) groups is 1. The number of hydrogen-bond acceptors (Lipinski definition) is 4. The lowest BCUT2D eigenvalue weighted by atomic mass is 10.3. The van der Waals surface area contributed by atoms with Crippen molar-refractivity contribution in [1.29, 1.82) is 0 Å². The molecule has 0 amide bonds. The summed E-state index contributed by atoms with van der Waals surface area (Å²) in [7, 11) is 0. The van der Waals surface area contributed by atoms with Crippen LogP contribution >= 0.6 is 24.0 Å². The summed E-state index contributed by atoms with van der Waals surface area (Å²) in [4.78, 5) is 0. The van der Waals surface area contributed by atoms with Crippen molar-refractivity contribution in [3.63, 3.8) is 0 Å². The van der Waals surface area contributed by atoms with Crippen LogP contribution in [0.2, 0.25) is 0 Å². The summed E-state index contributed by atoms with van der Waals surface area (Å²) >= 11 is 6.40. The van der Waals surface area contributed by atoms with Gasteiger partial charge in [-0.05, 0) is 31.4 Å². The van der Waals surface area contributed by atoms with Crippen LogP contribution in [-0.4, -0.2) is 29.8 Å². The van der Waals surface area contributed by atoms with Crippen molar-refractivity contribution in [2.24, 2.45) is 0 Å². The molecular weight excluding hydrogens is 166 g/mol. The Hall–Kier alpha value is 0.200. The first-order chi connectivity index (χ1) is 4.83. The molecule has 0 aromatic rings. The Labute approximate surface area is 70.7 Å². The summed E-state index contributed by atoms with van der Waals surface area (Å²) < 4.78 is 6.05. The first-order valence-electron chi connectivity index (χ1n) is 3.28. The number of thioether (sulfide) groups is 1. The molecule has 58 valence electrons. The second-order valence-electron chi connectivity index (χ2n) is 2.19. The molecule has 1 saturated heterocycles. The number of hydrogen-bond donors (Lipinski definition) is 1. The maximum absolute atomic E-state index is 5.39. The number of ether oxygens (including phenoxy) is 1. The minimum absolute atomic E-state index is 0.319. The molecule has 0 radical (unpaired) electrons. The Kier molecular flexibility index (Phi) is 3.45. The molecule has 0 unspecified atom stereocenters. The fraction of sp³-hybridized carbons (Fsp3) is 0.833. The monoisotopic (exact) mass is 177 g/mol. The highest BCUT2D eigenvalue weighted by Crippen LogP contribution is 2.08. The predicted molar refractivity (Wildman–Crippen MR) is 48.5 cm³/mol. The van der Waals surface area contributed by atoms with E-state index in [0.29, 0.717) is 10.5 Å². The van der Waals surface area contributed by atoms with E-state index in [4.69, 9.17) is 17.0 Å². The summed E-state index contributed by atoms with van der Waals surface area (Å²) in [5, 5.41) is 3.21. The molecule has 1 aliphatic heterocycles. The maximum atomic E-state index is 5.39. The molecule has 4 heteroatoms. The third kappa shape index (κ3) is 2.44. The van der Waals surface area contributed by atoms with E-state index in [1.807, 2.05) is 6.26 Å². The van der Waals surface area contributed by atoms with Gasteiger partial charge in [0.1, 0.15) is 6.10 Å².